The zero-order valence-corrected chi connectivity index (χ0v) is 21.0. The lowest BCUT2D eigenvalue weighted by Crippen LogP contribution is -2.36. The van der Waals surface area contributed by atoms with E-state index in [0.717, 1.165) is 44.5 Å². The smallest absolute Gasteiger partial charge is 0.254 e. The molecule has 1 aliphatic heterocycles. The lowest BCUT2D eigenvalue weighted by atomic mass is 10.1. The molecule has 0 aliphatic carbocycles. The van der Waals surface area contributed by atoms with Crippen LogP contribution in [0.5, 0.6) is 0 Å². The van der Waals surface area contributed by atoms with Crippen molar-refractivity contribution < 1.29 is 17.6 Å². The predicted molar refractivity (Wildman–Crippen MR) is 136 cm³/mol. The number of benzene rings is 2. The summed E-state index contributed by atoms with van der Waals surface area (Å²) in [4.78, 5) is 17.7. The molecule has 8 heteroatoms. The van der Waals surface area contributed by atoms with Gasteiger partial charge >= 0.3 is 0 Å². The summed E-state index contributed by atoms with van der Waals surface area (Å²) >= 11 is 0. The Bertz CT molecular complexity index is 1210. The maximum Gasteiger partial charge on any atom is 0.254 e. The average molecular weight is 496 g/mol. The Morgan fingerprint density at radius 1 is 1.00 bits per heavy atom. The fourth-order valence-electron chi connectivity index (χ4n) is 4.38. The van der Waals surface area contributed by atoms with Gasteiger partial charge in [-0.15, -0.1) is 0 Å². The molecule has 0 unspecified atom stereocenters. The molecule has 1 N–H and O–H groups in total. The van der Waals surface area contributed by atoms with Gasteiger partial charge in [-0.1, -0.05) is 36.4 Å². The number of carbonyl (C=O) groups is 1. The Morgan fingerprint density at radius 3 is 2.60 bits per heavy atom. The molecule has 1 amide bonds. The third-order valence-electron chi connectivity index (χ3n) is 6.42. The fraction of sp³-hybridized carbons (Fsp3) is 0.370. The van der Waals surface area contributed by atoms with Crippen molar-refractivity contribution in [2.75, 3.05) is 32.7 Å². The number of nitrogens with one attached hydrogen (secondary N) is 1. The van der Waals surface area contributed by atoms with Crippen LogP contribution >= 0.6 is 0 Å². The van der Waals surface area contributed by atoms with E-state index in [4.69, 9.17) is 4.42 Å². The van der Waals surface area contributed by atoms with Gasteiger partial charge in [0.1, 0.15) is 5.76 Å². The van der Waals surface area contributed by atoms with E-state index in [0.29, 0.717) is 24.4 Å². The molecule has 7 nitrogen and oxygen atoms in total. The Hall–Kier alpha value is -2.94. The largest absolute Gasteiger partial charge is 0.468 e. The van der Waals surface area contributed by atoms with Crippen LogP contribution in [-0.4, -0.2) is 56.8 Å². The van der Waals surface area contributed by atoms with E-state index in [1.54, 1.807) is 18.2 Å². The molecule has 0 saturated carbocycles. The standard InChI is InChI=1S/C27H33N3O4S/c1-22-12-13-25(35(32,33)28-21-24-11-6-19-34-24)20-26(22)27(31)30-16-7-15-29(17-18-30)14-5-10-23-8-3-2-4-9-23/h2-4,6,8-9,11-13,19-20,28H,5,7,10,14-18,21H2,1H3. The van der Waals surface area contributed by atoms with E-state index in [1.807, 2.05) is 17.9 Å². The molecule has 35 heavy (non-hydrogen) atoms. The Kier molecular flexibility index (Phi) is 8.38. The van der Waals surface area contributed by atoms with Gasteiger partial charge in [-0.05, 0) is 74.7 Å². The molecule has 1 aliphatic rings. The second-order valence-electron chi connectivity index (χ2n) is 8.96. The maximum atomic E-state index is 13.4. The van der Waals surface area contributed by atoms with Crippen molar-refractivity contribution >= 4 is 15.9 Å². The van der Waals surface area contributed by atoms with Gasteiger partial charge in [0.15, 0.2) is 0 Å². The maximum absolute atomic E-state index is 13.4. The molecule has 0 radical (unpaired) electrons. The Balaban J connectivity index is 1.36. The van der Waals surface area contributed by atoms with E-state index in [-0.39, 0.29) is 17.3 Å². The van der Waals surface area contributed by atoms with Gasteiger partial charge < -0.3 is 14.2 Å². The van der Waals surface area contributed by atoms with Gasteiger partial charge in [0.05, 0.1) is 17.7 Å². The first-order valence-electron chi connectivity index (χ1n) is 12.1. The van der Waals surface area contributed by atoms with Crippen LogP contribution in [0.2, 0.25) is 0 Å². The fourth-order valence-corrected chi connectivity index (χ4v) is 5.40. The highest BCUT2D eigenvalue weighted by molar-refractivity contribution is 7.89. The summed E-state index contributed by atoms with van der Waals surface area (Å²) in [5.74, 6) is 0.409. The van der Waals surface area contributed by atoms with Gasteiger partial charge in [0.25, 0.3) is 5.91 Å². The van der Waals surface area contributed by atoms with Crippen molar-refractivity contribution in [1.29, 1.82) is 0 Å². The molecule has 0 spiro atoms. The predicted octanol–water partition coefficient (Wildman–Crippen LogP) is 3.85. The third-order valence-corrected chi connectivity index (χ3v) is 7.82. The molecule has 2 heterocycles. The SMILES string of the molecule is Cc1ccc(S(=O)(=O)NCc2ccco2)cc1C(=O)N1CCCN(CCCc2ccccc2)CC1. The summed E-state index contributed by atoms with van der Waals surface area (Å²) in [7, 11) is -3.78. The average Bonchev–Trinajstić information content (AvgIpc) is 3.28. The summed E-state index contributed by atoms with van der Waals surface area (Å²) in [6, 6.07) is 18.6. The quantitative estimate of drug-likeness (QED) is 0.488. The van der Waals surface area contributed by atoms with Gasteiger partial charge in [-0.25, -0.2) is 13.1 Å². The topological polar surface area (TPSA) is 82.9 Å². The highest BCUT2D eigenvalue weighted by Gasteiger charge is 2.24. The Labute approximate surface area is 207 Å². The molecule has 3 aromatic rings. The summed E-state index contributed by atoms with van der Waals surface area (Å²) in [6.07, 6.45) is 4.53. The molecule has 186 valence electrons. The minimum atomic E-state index is -3.78. The van der Waals surface area contributed by atoms with Crippen molar-refractivity contribution in [2.45, 2.75) is 37.6 Å². The van der Waals surface area contributed by atoms with Gasteiger partial charge in [-0.3, -0.25) is 4.79 Å². The number of nitrogens with zero attached hydrogens (tertiary/aromatic N) is 2. The van der Waals surface area contributed by atoms with Crippen LogP contribution in [0.4, 0.5) is 0 Å². The van der Waals surface area contributed by atoms with E-state index in [9.17, 15) is 13.2 Å². The lowest BCUT2D eigenvalue weighted by Gasteiger charge is -2.23. The van der Waals surface area contributed by atoms with E-state index < -0.39 is 10.0 Å². The Morgan fingerprint density at radius 2 is 1.83 bits per heavy atom. The molecule has 4 rings (SSSR count). The van der Waals surface area contributed by atoms with Gasteiger partial charge in [0, 0.05) is 25.2 Å². The number of aryl methyl sites for hydroxylation is 2. The van der Waals surface area contributed by atoms with Crippen LogP contribution in [0.1, 0.15) is 40.1 Å². The molecule has 1 fully saturated rings. The van der Waals surface area contributed by atoms with Crippen molar-refractivity contribution in [1.82, 2.24) is 14.5 Å². The van der Waals surface area contributed by atoms with Gasteiger partial charge in [-0.2, -0.15) is 0 Å². The van der Waals surface area contributed by atoms with Crippen molar-refractivity contribution in [3.8, 4) is 0 Å². The molecule has 1 saturated heterocycles. The van der Waals surface area contributed by atoms with Crippen LogP contribution in [0.25, 0.3) is 0 Å². The number of sulfonamides is 1. The number of hydrogen-bond donors (Lipinski definition) is 1. The monoisotopic (exact) mass is 495 g/mol. The van der Waals surface area contributed by atoms with E-state index in [1.165, 1.54) is 24.0 Å². The highest BCUT2D eigenvalue weighted by Crippen LogP contribution is 2.19. The molecular formula is C27H33N3O4S. The summed E-state index contributed by atoms with van der Waals surface area (Å²) in [6.45, 7) is 5.99. The second kappa shape index (κ2) is 11.7. The number of carbonyl (C=O) groups excluding carboxylic acids is 1. The zero-order valence-electron chi connectivity index (χ0n) is 20.2. The first-order chi connectivity index (χ1) is 16.9. The number of rotatable bonds is 9. The first kappa shape index (κ1) is 25.2. The second-order valence-corrected chi connectivity index (χ2v) is 10.7. The molecule has 0 atom stereocenters. The summed E-state index contributed by atoms with van der Waals surface area (Å²) in [5.41, 5.74) is 2.55. The zero-order chi connectivity index (χ0) is 24.7. The van der Waals surface area contributed by atoms with Crippen molar-refractivity contribution in [2.24, 2.45) is 0 Å². The van der Waals surface area contributed by atoms with Gasteiger partial charge in [0.2, 0.25) is 10.0 Å². The number of amides is 1. The first-order valence-corrected chi connectivity index (χ1v) is 13.6. The van der Waals surface area contributed by atoms with Crippen LogP contribution in [0.3, 0.4) is 0 Å². The molecule has 1 aromatic heterocycles. The normalized spacial score (nSPS) is 15.2. The van der Waals surface area contributed by atoms with Crippen LogP contribution in [-0.2, 0) is 23.0 Å². The minimum Gasteiger partial charge on any atom is -0.468 e. The van der Waals surface area contributed by atoms with Crippen LogP contribution in [0, 0.1) is 6.92 Å². The van der Waals surface area contributed by atoms with E-state index >= 15 is 0 Å². The lowest BCUT2D eigenvalue weighted by molar-refractivity contribution is 0.0760. The number of hydrogen-bond acceptors (Lipinski definition) is 5. The summed E-state index contributed by atoms with van der Waals surface area (Å²) < 4.78 is 33.4. The third kappa shape index (κ3) is 6.81. The van der Waals surface area contributed by atoms with Crippen molar-refractivity contribution in [3.05, 3.63) is 89.4 Å². The highest BCUT2D eigenvalue weighted by atomic mass is 32.2. The summed E-state index contributed by atoms with van der Waals surface area (Å²) in [5, 5.41) is 0. The molecule has 2 aromatic carbocycles. The van der Waals surface area contributed by atoms with E-state index in [2.05, 4.69) is 33.9 Å². The number of furan rings is 1. The van der Waals surface area contributed by atoms with Crippen LogP contribution < -0.4 is 4.72 Å². The molecule has 0 bridgehead atoms. The minimum absolute atomic E-state index is 0.0543. The molecular weight excluding hydrogens is 462 g/mol. The van der Waals surface area contributed by atoms with Crippen molar-refractivity contribution in [3.63, 3.8) is 0 Å². The van der Waals surface area contributed by atoms with Crippen LogP contribution in [0.15, 0.2) is 76.2 Å².